The summed E-state index contributed by atoms with van der Waals surface area (Å²) < 4.78 is 5.41. The maximum atomic E-state index is 10.9. The largest absolute Gasteiger partial charge is 0.493 e. The molecule has 3 nitrogen and oxygen atoms in total. The van der Waals surface area contributed by atoms with Crippen LogP contribution in [0.1, 0.15) is 32.8 Å². The third-order valence-corrected chi connectivity index (χ3v) is 2.55. The second-order valence-corrected chi connectivity index (χ2v) is 5.07. The molecule has 0 unspecified atom stereocenters. The zero-order valence-corrected chi connectivity index (χ0v) is 10.7. The van der Waals surface area contributed by atoms with Crippen LogP contribution in [0.25, 0.3) is 0 Å². The monoisotopic (exact) mass is 236 g/mol. The van der Waals surface area contributed by atoms with E-state index in [-0.39, 0.29) is 17.6 Å². The summed E-state index contributed by atoms with van der Waals surface area (Å²) in [7, 11) is 0. The van der Waals surface area contributed by atoms with E-state index in [1.807, 2.05) is 24.3 Å². The van der Waals surface area contributed by atoms with Crippen LogP contribution >= 0.6 is 0 Å². The first-order chi connectivity index (χ1) is 7.93. The fourth-order valence-corrected chi connectivity index (χ4v) is 1.41. The molecule has 0 amide bonds. The molecular formula is C14H20O3. The Morgan fingerprint density at radius 1 is 1.24 bits per heavy atom. The number of Topliss-reactive ketones (excluding diaryl/α,β-unsaturated/α-hetero) is 1. The number of hydrogen-bond donors (Lipinski definition) is 1. The lowest BCUT2D eigenvalue weighted by Gasteiger charge is -2.19. The first-order valence-corrected chi connectivity index (χ1v) is 5.79. The number of carbonyl (C=O) groups excluding carboxylic acids is 1. The zero-order valence-electron chi connectivity index (χ0n) is 10.7. The van der Waals surface area contributed by atoms with E-state index in [0.29, 0.717) is 6.61 Å². The Kier molecular flexibility index (Phi) is 4.70. The summed E-state index contributed by atoms with van der Waals surface area (Å²) in [5.41, 5.74) is 1.38. The van der Waals surface area contributed by atoms with E-state index in [1.165, 1.54) is 5.56 Å². The van der Waals surface area contributed by atoms with Crippen LogP contribution in [0.3, 0.4) is 0 Å². The third-order valence-electron chi connectivity index (χ3n) is 2.55. The first kappa shape index (κ1) is 13.7. The lowest BCUT2D eigenvalue weighted by Crippen LogP contribution is -2.11. The summed E-state index contributed by atoms with van der Waals surface area (Å²) in [6.07, 6.45) is 0.248. The Balaban J connectivity index is 2.49. The van der Waals surface area contributed by atoms with Crippen LogP contribution in [0.5, 0.6) is 5.75 Å². The van der Waals surface area contributed by atoms with Crippen molar-refractivity contribution >= 4 is 5.78 Å². The van der Waals surface area contributed by atoms with Crippen molar-refractivity contribution in [3.8, 4) is 5.75 Å². The van der Waals surface area contributed by atoms with Crippen molar-refractivity contribution in [1.82, 2.24) is 0 Å². The molecule has 0 bridgehead atoms. The van der Waals surface area contributed by atoms with E-state index in [9.17, 15) is 4.79 Å². The van der Waals surface area contributed by atoms with E-state index >= 15 is 0 Å². The molecular weight excluding hydrogens is 216 g/mol. The third kappa shape index (κ3) is 4.57. The van der Waals surface area contributed by atoms with Gasteiger partial charge >= 0.3 is 0 Å². The van der Waals surface area contributed by atoms with Gasteiger partial charge in [0.15, 0.2) is 5.78 Å². The molecule has 0 atom stereocenters. The number of hydrogen-bond acceptors (Lipinski definition) is 3. The van der Waals surface area contributed by atoms with E-state index in [1.54, 1.807) is 0 Å². The zero-order chi connectivity index (χ0) is 12.9. The Morgan fingerprint density at radius 3 is 2.29 bits per heavy atom. The number of benzene rings is 1. The summed E-state index contributed by atoms with van der Waals surface area (Å²) in [6, 6.07) is 7.88. The standard InChI is InChI=1S/C14H20O3/c1-14(2,3)11-4-6-13(7-5-11)17-9-8-12(16)10-15/h4-7,15H,8-10H2,1-3H3. The minimum Gasteiger partial charge on any atom is -0.493 e. The highest BCUT2D eigenvalue weighted by molar-refractivity contribution is 5.79. The number of aliphatic hydroxyl groups excluding tert-OH is 1. The highest BCUT2D eigenvalue weighted by Gasteiger charge is 2.12. The number of aliphatic hydroxyl groups is 1. The second-order valence-electron chi connectivity index (χ2n) is 5.07. The van der Waals surface area contributed by atoms with Gasteiger partial charge in [0.05, 0.1) is 6.61 Å². The van der Waals surface area contributed by atoms with Gasteiger partial charge in [0, 0.05) is 6.42 Å². The summed E-state index contributed by atoms with van der Waals surface area (Å²) in [5, 5.41) is 8.55. The summed E-state index contributed by atoms with van der Waals surface area (Å²) in [6.45, 7) is 6.37. The number of rotatable bonds is 5. The Labute approximate surface area is 102 Å². The van der Waals surface area contributed by atoms with Gasteiger partial charge in [-0.3, -0.25) is 4.79 Å². The van der Waals surface area contributed by atoms with Gasteiger partial charge in [-0.2, -0.15) is 0 Å². The summed E-state index contributed by atoms with van der Waals surface area (Å²) in [5.74, 6) is 0.556. The summed E-state index contributed by atoms with van der Waals surface area (Å²) in [4.78, 5) is 10.9. The molecule has 0 aliphatic rings. The Bertz CT molecular complexity index is 360. The van der Waals surface area contributed by atoms with Crippen LogP contribution < -0.4 is 4.74 Å². The molecule has 1 aromatic carbocycles. The average molecular weight is 236 g/mol. The molecule has 1 rings (SSSR count). The van der Waals surface area contributed by atoms with E-state index in [2.05, 4.69) is 20.8 Å². The van der Waals surface area contributed by atoms with Gasteiger partial charge in [0.2, 0.25) is 0 Å². The lowest BCUT2D eigenvalue weighted by atomic mass is 9.87. The maximum absolute atomic E-state index is 10.9. The van der Waals surface area contributed by atoms with Gasteiger partial charge in [0.25, 0.3) is 0 Å². The van der Waals surface area contributed by atoms with Crippen molar-refractivity contribution in [2.75, 3.05) is 13.2 Å². The molecule has 0 aromatic heterocycles. The molecule has 1 N–H and O–H groups in total. The molecule has 1 aromatic rings. The highest BCUT2D eigenvalue weighted by atomic mass is 16.5. The van der Waals surface area contributed by atoms with Crippen molar-refractivity contribution in [3.63, 3.8) is 0 Å². The lowest BCUT2D eigenvalue weighted by molar-refractivity contribution is -0.122. The molecule has 0 fully saturated rings. The molecule has 94 valence electrons. The number of carbonyl (C=O) groups is 1. The quantitative estimate of drug-likeness (QED) is 0.853. The minimum atomic E-state index is -0.410. The SMILES string of the molecule is CC(C)(C)c1ccc(OCCC(=O)CO)cc1. The van der Waals surface area contributed by atoms with Crippen LogP contribution in [0.15, 0.2) is 24.3 Å². The fourth-order valence-electron chi connectivity index (χ4n) is 1.41. The smallest absolute Gasteiger partial charge is 0.161 e. The highest BCUT2D eigenvalue weighted by Crippen LogP contribution is 2.24. The predicted octanol–water partition coefficient (Wildman–Crippen LogP) is 2.31. The van der Waals surface area contributed by atoms with Crippen molar-refractivity contribution in [2.24, 2.45) is 0 Å². The van der Waals surface area contributed by atoms with Crippen molar-refractivity contribution in [2.45, 2.75) is 32.6 Å². The van der Waals surface area contributed by atoms with Gasteiger partial charge in [-0.25, -0.2) is 0 Å². The van der Waals surface area contributed by atoms with E-state index in [4.69, 9.17) is 9.84 Å². The van der Waals surface area contributed by atoms with Crippen molar-refractivity contribution in [1.29, 1.82) is 0 Å². The van der Waals surface area contributed by atoms with Crippen LogP contribution in [-0.2, 0) is 10.2 Å². The first-order valence-electron chi connectivity index (χ1n) is 5.79. The predicted molar refractivity (Wildman–Crippen MR) is 67.3 cm³/mol. The molecule has 0 saturated heterocycles. The normalized spacial score (nSPS) is 11.3. The average Bonchev–Trinajstić information content (AvgIpc) is 2.28. The number of ketones is 1. The second kappa shape index (κ2) is 5.82. The van der Waals surface area contributed by atoms with Gasteiger partial charge in [-0.05, 0) is 23.1 Å². The molecule has 0 heterocycles. The van der Waals surface area contributed by atoms with E-state index < -0.39 is 6.61 Å². The molecule has 0 saturated carbocycles. The van der Waals surface area contributed by atoms with Crippen LogP contribution in [0.2, 0.25) is 0 Å². The van der Waals surface area contributed by atoms with Crippen LogP contribution in [0, 0.1) is 0 Å². The Hall–Kier alpha value is -1.35. The van der Waals surface area contributed by atoms with Gasteiger partial charge in [0.1, 0.15) is 12.4 Å². The topological polar surface area (TPSA) is 46.5 Å². The van der Waals surface area contributed by atoms with Gasteiger partial charge in [-0.1, -0.05) is 32.9 Å². The molecule has 0 aliphatic carbocycles. The maximum Gasteiger partial charge on any atom is 0.161 e. The molecule has 0 spiro atoms. The molecule has 3 heteroatoms. The van der Waals surface area contributed by atoms with E-state index in [0.717, 1.165) is 5.75 Å². The fraction of sp³-hybridized carbons (Fsp3) is 0.500. The van der Waals surface area contributed by atoms with Crippen molar-refractivity contribution < 1.29 is 14.6 Å². The minimum absolute atomic E-state index is 0.130. The Morgan fingerprint density at radius 2 is 1.82 bits per heavy atom. The van der Waals surface area contributed by atoms with Gasteiger partial charge in [-0.15, -0.1) is 0 Å². The van der Waals surface area contributed by atoms with Crippen LogP contribution in [-0.4, -0.2) is 24.1 Å². The van der Waals surface area contributed by atoms with Crippen LogP contribution in [0.4, 0.5) is 0 Å². The van der Waals surface area contributed by atoms with Gasteiger partial charge < -0.3 is 9.84 Å². The van der Waals surface area contributed by atoms with Crippen molar-refractivity contribution in [3.05, 3.63) is 29.8 Å². The summed E-state index contributed by atoms with van der Waals surface area (Å²) >= 11 is 0. The molecule has 17 heavy (non-hydrogen) atoms. The number of ether oxygens (including phenoxy) is 1. The molecule has 0 aliphatic heterocycles. The molecule has 0 radical (unpaired) electrons.